The minimum absolute atomic E-state index is 0.0597. The molecule has 6 rings (SSSR count). The SMILES string of the molecule is O=C(Nc1ccccc1)N1CC(NS(=O)(=O)c2ccc(OC(F)(F)F)cc2)[C@H](O)C(N2c3ccccc3CCc3ccccc32)C1. The summed E-state index contributed by atoms with van der Waals surface area (Å²) in [5.74, 6) is -0.577. The second-order valence-corrected chi connectivity index (χ2v) is 12.8. The Hall–Kier alpha value is -4.59. The van der Waals surface area contributed by atoms with E-state index in [4.69, 9.17) is 0 Å². The van der Waals surface area contributed by atoms with Gasteiger partial charge in [0, 0.05) is 30.2 Å². The van der Waals surface area contributed by atoms with Gasteiger partial charge in [0.25, 0.3) is 0 Å². The first kappa shape index (κ1) is 31.4. The standard InChI is InChI=1S/C33H31F3N4O5S/c34-33(35,36)45-25-16-18-26(19-17-25)46(43,44)38-27-20-39(32(42)37-24-10-2-1-3-11-24)21-30(31(27)41)40-28-12-6-4-8-22(28)14-15-23-9-5-7-13-29(23)40/h1-13,16-19,27,30-31,38,41H,14-15,20-21H2,(H,37,42)/t27?,30?,31-/m0/s1. The number of ether oxygens (including phenoxy) is 1. The number of nitrogens with one attached hydrogen (secondary N) is 2. The third kappa shape index (κ3) is 6.81. The van der Waals surface area contributed by atoms with Crippen LogP contribution in [0, 0.1) is 0 Å². The Morgan fingerprint density at radius 3 is 1.96 bits per heavy atom. The highest BCUT2D eigenvalue weighted by Crippen LogP contribution is 2.39. The average Bonchev–Trinajstić information content (AvgIpc) is 3.19. The van der Waals surface area contributed by atoms with E-state index >= 15 is 0 Å². The molecule has 0 saturated carbocycles. The summed E-state index contributed by atoms with van der Waals surface area (Å²) in [4.78, 5) is 16.7. The molecular formula is C33H31F3N4O5S. The van der Waals surface area contributed by atoms with E-state index in [-0.39, 0.29) is 18.0 Å². The Balaban J connectivity index is 1.36. The number of para-hydroxylation sites is 3. The van der Waals surface area contributed by atoms with Crippen molar-refractivity contribution < 1.29 is 36.2 Å². The molecule has 2 amide bonds. The minimum Gasteiger partial charge on any atom is -0.406 e. The number of rotatable bonds is 6. The molecule has 0 spiro atoms. The Morgan fingerprint density at radius 2 is 1.37 bits per heavy atom. The van der Waals surface area contributed by atoms with E-state index in [1.807, 2.05) is 59.5 Å². The fourth-order valence-electron chi connectivity index (χ4n) is 6.01. The number of aliphatic hydroxyl groups is 1. The minimum atomic E-state index is -4.94. The summed E-state index contributed by atoms with van der Waals surface area (Å²) in [5, 5.41) is 14.8. The first-order valence-electron chi connectivity index (χ1n) is 14.6. The molecule has 9 nitrogen and oxygen atoms in total. The van der Waals surface area contributed by atoms with Crippen LogP contribution < -0.4 is 19.7 Å². The smallest absolute Gasteiger partial charge is 0.406 e. The van der Waals surface area contributed by atoms with Crippen LogP contribution in [-0.4, -0.2) is 62.1 Å². The third-order valence-electron chi connectivity index (χ3n) is 8.12. The highest BCUT2D eigenvalue weighted by molar-refractivity contribution is 7.89. The summed E-state index contributed by atoms with van der Waals surface area (Å²) in [5.41, 5.74) is 4.29. The largest absolute Gasteiger partial charge is 0.573 e. The monoisotopic (exact) mass is 652 g/mol. The maximum atomic E-state index is 13.6. The van der Waals surface area contributed by atoms with Crippen molar-refractivity contribution in [1.29, 1.82) is 0 Å². The van der Waals surface area contributed by atoms with E-state index in [0.717, 1.165) is 59.6 Å². The second-order valence-electron chi connectivity index (χ2n) is 11.1. The number of aryl methyl sites for hydroxylation is 2. The van der Waals surface area contributed by atoms with Crippen LogP contribution in [-0.2, 0) is 22.9 Å². The van der Waals surface area contributed by atoms with Gasteiger partial charge < -0.3 is 25.0 Å². The zero-order valence-corrected chi connectivity index (χ0v) is 25.2. The number of hydrogen-bond donors (Lipinski definition) is 3. The molecule has 2 unspecified atom stereocenters. The van der Waals surface area contributed by atoms with Crippen molar-refractivity contribution in [2.75, 3.05) is 23.3 Å². The molecule has 240 valence electrons. The summed E-state index contributed by atoms with van der Waals surface area (Å²) in [7, 11) is -4.37. The van der Waals surface area contributed by atoms with Crippen molar-refractivity contribution in [3.63, 3.8) is 0 Å². The van der Waals surface area contributed by atoms with Gasteiger partial charge in [0.1, 0.15) is 5.75 Å². The Labute approximate surface area is 264 Å². The fraction of sp³-hybridized carbons (Fsp3) is 0.242. The number of anilines is 3. The zero-order chi connectivity index (χ0) is 32.5. The molecular weight excluding hydrogens is 621 g/mol. The van der Waals surface area contributed by atoms with Gasteiger partial charge in [0.2, 0.25) is 10.0 Å². The van der Waals surface area contributed by atoms with E-state index < -0.39 is 46.4 Å². The molecule has 1 fully saturated rings. The number of halogens is 3. The Kier molecular flexibility index (Phi) is 8.64. The number of sulfonamides is 1. The first-order chi connectivity index (χ1) is 22.0. The number of piperidine rings is 1. The number of aliphatic hydroxyl groups excluding tert-OH is 1. The molecule has 46 heavy (non-hydrogen) atoms. The molecule has 0 radical (unpaired) electrons. The van der Waals surface area contributed by atoms with Crippen molar-refractivity contribution in [3.05, 3.63) is 114 Å². The normalized spacial score (nSPS) is 19.9. The molecule has 2 aliphatic rings. The van der Waals surface area contributed by atoms with Crippen LogP contribution in [0.3, 0.4) is 0 Å². The lowest BCUT2D eigenvalue weighted by molar-refractivity contribution is -0.274. The number of benzene rings is 4. The van der Waals surface area contributed by atoms with Gasteiger partial charge in [-0.2, -0.15) is 0 Å². The third-order valence-corrected chi connectivity index (χ3v) is 9.62. The van der Waals surface area contributed by atoms with Crippen molar-refractivity contribution in [3.8, 4) is 5.75 Å². The number of nitrogens with zero attached hydrogens (tertiary/aromatic N) is 2. The van der Waals surface area contributed by atoms with Crippen LogP contribution in [0.4, 0.5) is 35.0 Å². The molecule has 4 aromatic carbocycles. The van der Waals surface area contributed by atoms with Crippen LogP contribution in [0.1, 0.15) is 11.1 Å². The summed E-state index contributed by atoms with van der Waals surface area (Å²) in [6.07, 6.45) is -4.75. The topological polar surface area (TPSA) is 111 Å². The Bertz CT molecular complexity index is 1760. The van der Waals surface area contributed by atoms with Crippen molar-refractivity contribution >= 4 is 33.1 Å². The van der Waals surface area contributed by atoms with Gasteiger partial charge in [-0.1, -0.05) is 54.6 Å². The van der Waals surface area contributed by atoms with E-state index in [2.05, 4.69) is 14.8 Å². The van der Waals surface area contributed by atoms with Crippen molar-refractivity contribution in [2.24, 2.45) is 0 Å². The number of alkyl halides is 3. The van der Waals surface area contributed by atoms with Crippen molar-refractivity contribution in [1.82, 2.24) is 9.62 Å². The average molecular weight is 653 g/mol. The maximum absolute atomic E-state index is 13.6. The molecule has 2 aliphatic heterocycles. The number of fused-ring (bicyclic) bond motifs is 2. The predicted octanol–water partition coefficient (Wildman–Crippen LogP) is 5.45. The molecule has 4 aromatic rings. The van der Waals surface area contributed by atoms with Crippen LogP contribution in [0.2, 0.25) is 0 Å². The number of likely N-dealkylation sites (tertiary alicyclic amines) is 1. The molecule has 0 aliphatic carbocycles. The summed E-state index contributed by atoms with van der Waals surface area (Å²) in [6.45, 7) is -0.119. The second kappa shape index (κ2) is 12.7. The van der Waals surface area contributed by atoms with E-state index in [1.54, 1.807) is 24.3 Å². The van der Waals surface area contributed by atoms with Gasteiger partial charge in [-0.3, -0.25) is 0 Å². The van der Waals surface area contributed by atoms with Gasteiger partial charge in [-0.05, 0) is 72.5 Å². The number of carbonyl (C=O) groups is 1. The summed E-state index contributed by atoms with van der Waals surface area (Å²) >= 11 is 0. The molecule has 3 atom stereocenters. The maximum Gasteiger partial charge on any atom is 0.573 e. The number of carbonyl (C=O) groups excluding carboxylic acids is 1. The van der Waals surface area contributed by atoms with Crippen LogP contribution in [0.5, 0.6) is 5.75 Å². The summed E-state index contributed by atoms with van der Waals surface area (Å²) < 4.78 is 71.4. The number of urea groups is 1. The highest BCUT2D eigenvalue weighted by Gasteiger charge is 2.44. The number of hydrogen-bond acceptors (Lipinski definition) is 6. The molecule has 1 saturated heterocycles. The van der Waals surface area contributed by atoms with E-state index in [1.165, 1.54) is 4.90 Å². The van der Waals surface area contributed by atoms with Crippen molar-refractivity contribution in [2.45, 2.75) is 42.3 Å². The van der Waals surface area contributed by atoms with Gasteiger partial charge >= 0.3 is 12.4 Å². The first-order valence-corrected chi connectivity index (χ1v) is 16.1. The molecule has 0 aromatic heterocycles. The van der Waals surface area contributed by atoms with E-state index in [0.29, 0.717) is 5.69 Å². The highest BCUT2D eigenvalue weighted by atomic mass is 32.2. The van der Waals surface area contributed by atoms with E-state index in [9.17, 15) is 31.5 Å². The lowest BCUT2D eigenvalue weighted by Crippen LogP contribution is -2.66. The lowest BCUT2D eigenvalue weighted by atomic mass is 9.94. The molecule has 0 bridgehead atoms. The molecule has 2 heterocycles. The fourth-order valence-corrected chi connectivity index (χ4v) is 7.25. The molecule has 13 heteroatoms. The summed E-state index contributed by atoms with van der Waals surface area (Å²) in [6, 6.07) is 25.7. The zero-order valence-electron chi connectivity index (χ0n) is 24.4. The molecule has 3 N–H and O–H groups in total. The number of amides is 2. The van der Waals surface area contributed by atoms with Gasteiger partial charge in [0.15, 0.2) is 0 Å². The van der Waals surface area contributed by atoms with Gasteiger partial charge in [0.05, 0.1) is 23.1 Å². The predicted molar refractivity (Wildman–Crippen MR) is 166 cm³/mol. The van der Waals surface area contributed by atoms with Crippen LogP contribution in [0.15, 0.2) is 108 Å². The van der Waals surface area contributed by atoms with Crippen LogP contribution in [0.25, 0.3) is 0 Å². The van der Waals surface area contributed by atoms with Crippen LogP contribution >= 0.6 is 0 Å². The van der Waals surface area contributed by atoms with Gasteiger partial charge in [-0.25, -0.2) is 17.9 Å². The Morgan fingerprint density at radius 1 is 0.804 bits per heavy atom. The lowest BCUT2D eigenvalue weighted by Gasteiger charge is -2.47. The quantitative estimate of drug-likeness (QED) is 0.256. The van der Waals surface area contributed by atoms with Gasteiger partial charge in [-0.15, -0.1) is 13.2 Å².